The topological polar surface area (TPSA) is 63.7 Å². The highest BCUT2D eigenvalue weighted by atomic mass is 32.2. The Morgan fingerprint density at radius 2 is 1.79 bits per heavy atom. The first-order chi connectivity index (χ1) is 11.4. The van der Waals surface area contributed by atoms with Crippen LogP contribution < -0.4 is 0 Å². The van der Waals surface area contributed by atoms with Crippen molar-refractivity contribution in [1.29, 1.82) is 0 Å². The molecule has 0 aromatic heterocycles. The van der Waals surface area contributed by atoms with Crippen molar-refractivity contribution in [3.63, 3.8) is 0 Å². The van der Waals surface area contributed by atoms with Gasteiger partial charge in [0.2, 0.25) is 10.0 Å². The predicted molar refractivity (Wildman–Crippen MR) is 93.1 cm³/mol. The molecule has 0 amide bonds. The highest BCUT2D eigenvalue weighted by Gasteiger charge is 2.33. The van der Waals surface area contributed by atoms with Crippen LogP contribution in [0.25, 0.3) is 0 Å². The van der Waals surface area contributed by atoms with Crippen molar-refractivity contribution in [3.05, 3.63) is 29.8 Å². The Labute approximate surface area is 145 Å². The lowest BCUT2D eigenvalue weighted by atomic mass is 10.1. The Balaban J connectivity index is 1.86. The number of hydrogen-bond acceptors (Lipinski definition) is 4. The standard InChI is InChI=1S/C18H27NO4S/c1-4-19(5-2)24(21,22)17-9-6-15(7-10-17)8-11-18(20)23-13-16-12-14(16)3/h6-7,9-10,14,16H,4-5,8,11-13H2,1-3H3. The van der Waals surface area contributed by atoms with Gasteiger partial charge in [0, 0.05) is 19.5 Å². The minimum absolute atomic E-state index is 0.186. The zero-order chi connectivity index (χ0) is 17.7. The average molecular weight is 353 g/mol. The van der Waals surface area contributed by atoms with Crippen molar-refractivity contribution >= 4 is 16.0 Å². The van der Waals surface area contributed by atoms with Gasteiger partial charge in [-0.1, -0.05) is 32.9 Å². The number of ether oxygens (including phenoxy) is 1. The smallest absolute Gasteiger partial charge is 0.306 e. The van der Waals surface area contributed by atoms with E-state index >= 15 is 0 Å². The van der Waals surface area contributed by atoms with Gasteiger partial charge >= 0.3 is 5.97 Å². The van der Waals surface area contributed by atoms with Crippen molar-refractivity contribution in [2.24, 2.45) is 11.8 Å². The van der Waals surface area contributed by atoms with E-state index in [1.165, 1.54) is 4.31 Å². The normalized spacial score (nSPS) is 20.2. The van der Waals surface area contributed by atoms with E-state index in [2.05, 4.69) is 6.92 Å². The molecule has 0 bridgehead atoms. The molecular weight excluding hydrogens is 326 g/mol. The second kappa shape index (κ2) is 8.12. The molecule has 2 rings (SSSR count). The molecule has 0 N–H and O–H groups in total. The highest BCUT2D eigenvalue weighted by molar-refractivity contribution is 7.89. The molecule has 0 saturated heterocycles. The van der Waals surface area contributed by atoms with E-state index in [-0.39, 0.29) is 5.97 Å². The van der Waals surface area contributed by atoms with Crippen molar-refractivity contribution in [2.45, 2.75) is 44.9 Å². The third-order valence-corrected chi connectivity index (χ3v) is 6.68. The second-order valence-electron chi connectivity index (χ2n) is 6.39. The van der Waals surface area contributed by atoms with E-state index in [0.29, 0.717) is 49.3 Å². The molecule has 0 spiro atoms. The SMILES string of the molecule is CCN(CC)S(=O)(=O)c1ccc(CCC(=O)OCC2CC2C)cc1. The van der Waals surface area contributed by atoms with E-state index in [9.17, 15) is 13.2 Å². The molecule has 1 aliphatic carbocycles. The monoisotopic (exact) mass is 353 g/mol. The third-order valence-electron chi connectivity index (χ3n) is 4.62. The van der Waals surface area contributed by atoms with Gasteiger partial charge in [0.25, 0.3) is 0 Å². The molecule has 0 radical (unpaired) electrons. The van der Waals surface area contributed by atoms with Crippen LogP contribution in [0.4, 0.5) is 0 Å². The number of hydrogen-bond donors (Lipinski definition) is 0. The molecule has 5 nitrogen and oxygen atoms in total. The fourth-order valence-corrected chi connectivity index (χ4v) is 4.15. The van der Waals surface area contributed by atoms with Crippen LogP contribution in [0.2, 0.25) is 0 Å². The van der Waals surface area contributed by atoms with E-state index < -0.39 is 10.0 Å². The van der Waals surface area contributed by atoms with Gasteiger partial charge in [-0.3, -0.25) is 4.79 Å². The summed E-state index contributed by atoms with van der Waals surface area (Å²) < 4.78 is 31.5. The first-order valence-corrected chi connectivity index (χ1v) is 10.1. The summed E-state index contributed by atoms with van der Waals surface area (Å²) in [4.78, 5) is 12.0. The summed E-state index contributed by atoms with van der Waals surface area (Å²) in [6.45, 7) is 7.23. The van der Waals surface area contributed by atoms with Crippen LogP contribution in [0.15, 0.2) is 29.2 Å². The molecule has 1 saturated carbocycles. The fraction of sp³-hybridized carbons (Fsp3) is 0.611. The summed E-state index contributed by atoms with van der Waals surface area (Å²) >= 11 is 0. The number of aryl methyl sites for hydroxylation is 1. The van der Waals surface area contributed by atoms with Crippen molar-refractivity contribution in [1.82, 2.24) is 4.31 Å². The third kappa shape index (κ3) is 4.80. The summed E-state index contributed by atoms with van der Waals surface area (Å²) in [6.07, 6.45) is 2.03. The quantitative estimate of drug-likeness (QED) is 0.641. The van der Waals surface area contributed by atoms with Gasteiger partial charge in [-0.15, -0.1) is 0 Å². The minimum Gasteiger partial charge on any atom is -0.465 e. The Kier molecular flexibility index (Phi) is 6.40. The Morgan fingerprint density at radius 1 is 1.21 bits per heavy atom. The van der Waals surface area contributed by atoms with E-state index in [1.807, 2.05) is 13.8 Å². The lowest BCUT2D eigenvalue weighted by molar-refractivity contribution is -0.144. The minimum atomic E-state index is -3.42. The van der Waals surface area contributed by atoms with Gasteiger partial charge in [-0.05, 0) is 42.4 Å². The first kappa shape index (κ1) is 18.9. The molecule has 134 valence electrons. The van der Waals surface area contributed by atoms with Crippen LogP contribution in [0.1, 0.15) is 39.2 Å². The number of carbonyl (C=O) groups is 1. The molecule has 24 heavy (non-hydrogen) atoms. The Bertz CT molecular complexity index is 650. The molecule has 1 fully saturated rings. The zero-order valence-electron chi connectivity index (χ0n) is 14.7. The van der Waals surface area contributed by atoms with Crippen LogP contribution in [-0.4, -0.2) is 38.4 Å². The summed E-state index contributed by atoms with van der Waals surface area (Å²) in [6, 6.07) is 6.76. The van der Waals surface area contributed by atoms with Crippen LogP contribution in [0, 0.1) is 11.8 Å². The van der Waals surface area contributed by atoms with Crippen LogP contribution in [-0.2, 0) is 26.0 Å². The summed E-state index contributed by atoms with van der Waals surface area (Å²) in [5, 5.41) is 0. The highest BCUT2D eigenvalue weighted by Crippen LogP contribution is 2.37. The largest absolute Gasteiger partial charge is 0.465 e. The lowest BCUT2D eigenvalue weighted by Gasteiger charge is -2.18. The molecule has 2 unspecified atom stereocenters. The average Bonchev–Trinajstić information content (AvgIpc) is 3.28. The van der Waals surface area contributed by atoms with Gasteiger partial charge in [-0.25, -0.2) is 8.42 Å². The molecule has 1 aliphatic rings. The Morgan fingerprint density at radius 3 is 2.29 bits per heavy atom. The molecule has 0 aliphatic heterocycles. The van der Waals surface area contributed by atoms with Gasteiger partial charge in [0.1, 0.15) is 0 Å². The van der Waals surface area contributed by atoms with Crippen molar-refractivity contribution in [2.75, 3.05) is 19.7 Å². The van der Waals surface area contributed by atoms with E-state index in [4.69, 9.17) is 4.74 Å². The number of carbonyl (C=O) groups excluding carboxylic acids is 1. The van der Waals surface area contributed by atoms with Crippen LogP contribution >= 0.6 is 0 Å². The van der Waals surface area contributed by atoms with Crippen molar-refractivity contribution < 1.29 is 17.9 Å². The number of nitrogens with zero attached hydrogens (tertiary/aromatic N) is 1. The van der Waals surface area contributed by atoms with Crippen molar-refractivity contribution in [3.8, 4) is 0 Å². The molecule has 6 heteroatoms. The number of esters is 1. The van der Waals surface area contributed by atoms with E-state index in [0.717, 1.165) is 12.0 Å². The zero-order valence-corrected chi connectivity index (χ0v) is 15.5. The Hall–Kier alpha value is -1.40. The molecular formula is C18H27NO4S. The summed E-state index contributed by atoms with van der Waals surface area (Å²) in [5.41, 5.74) is 0.935. The second-order valence-corrected chi connectivity index (χ2v) is 8.33. The van der Waals surface area contributed by atoms with Gasteiger partial charge < -0.3 is 4.74 Å². The lowest BCUT2D eigenvalue weighted by Crippen LogP contribution is -2.30. The predicted octanol–water partition coefficient (Wildman–Crippen LogP) is 2.85. The van der Waals surface area contributed by atoms with E-state index in [1.54, 1.807) is 24.3 Å². The maximum atomic E-state index is 12.4. The van der Waals surface area contributed by atoms with Crippen LogP contribution in [0.3, 0.4) is 0 Å². The maximum absolute atomic E-state index is 12.4. The number of benzene rings is 1. The number of sulfonamides is 1. The summed E-state index contributed by atoms with van der Waals surface area (Å²) in [7, 11) is -3.42. The molecule has 2 atom stereocenters. The first-order valence-electron chi connectivity index (χ1n) is 8.63. The number of rotatable bonds is 9. The fourth-order valence-electron chi connectivity index (χ4n) is 2.69. The maximum Gasteiger partial charge on any atom is 0.306 e. The molecule has 1 aromatic carbocycles. The van der Waals surface area contributed by atoms with Gasteiger partial charge in [0.15, 0.2) is 0 Å². The van der Waals surface area contributed by atoms with Crippen LogP contribution in [0.5, 0.6) is 0 Å². The molecule has 1 aromatic rings. The summed E-state index contributed by atoms with van der Waals surface area (Å²) in [5.74, 6) is 1.03. The van der Waals surface area contributed by atoms with Gasteiger partial charge in [-0.2, -0.15) is 4.31 Å². The molecule has 0 heterocycles. The van der Waals surface area contributed by atoms with Gasteiger partial charge in [0.05, 0.1) is 11.5 Å².